The van der Waals surface area contributed by atoms with Crippen LogP contribution in [0.15, 0.2) is 23.4 Å². The molecule has 26 heavy (non-hydrogen) atoms. The number of nitrogens with zero attached hydrogens (tertiary/aromatic N) is 3. The Bertz CT molecular complexity index is 840. The minimum absolute atomic E-state index is 0.00265. The number of amides is 1. The zero-order valence-corrected chi connectivity index (χ0v) is 14.8. The van der Waals surface area contributed by atoms with E-state index >= 15 is 0 Å². The molecule has 10 heteroatoms. The highest BCUT2D eigenvalue weighted by atomic mass is 35.5. The van der Waals surface area contributed by atoms with Gasteiger partial charge in [0.05, 0.1) is 22.3 Å². The number of fused-ring (bicyclic) bond motifs is 1. The Balaban J connectivity index is 2.13. The topological polar surface area (TPSA) is 104 Å². The van der Waals surface area contributed by atoms with Crippen molar-refractivity contribution < 1.29 is 13.9 Å². The summed E-state index contributed by atoms with van der Waals surface area (Å²) in [5, 5.41) is 10.8. The van der Waals surface area contributed by atoms with Gasteiger partial charge in [0.1, 0.15) is 11.5 Å². The molecule has 0 aliphatic carbocycles. The third-order valence-corrected chi connectivity index (χ3v) is 4.55. The van der Waals surface area contributed by atoms with Gasteiger partial charge in [0, 0.05) is 32.4 Å². The van der Waals surface area contributed by atoms with Crippen molar-refractivity contribution in [3.05, 3.63) is 40.3 Å². The van der Waals surface area contributed by atoms with E-state index in [1.54, 1.807) is 11.8 Å². The Labute approximate surface area is 154 Å². The maximum atomic E-state index is 13.5. The quantitative estimate of drug-likeness (QED) is 0.529. The van der Waals surface area contributed by atoms with Crippen LogP contribution in [0.25, 0.3) is 11.3 Å². The molecule has 0 radical (unpaired) electrons. The fraction of sp³-hybridized carbons (Fsp3) is 0.375. The normalized spacial score (nSPS) is 16.2. The Hall–Kier alpha value is -2.36. The third-order valence-electron chi connectivity index (χ3n) is 4.26. The van der Waals surface area contributed by atoms with Crippen LogP contribution in [0.4, 0.5) is 4.39 Å². The molecule has 1 atom stereocenters. The summed E-state index contributed by atoms with van der Waals surface area (Å²) in [6.45, 7) is 1.67. The van der Waals surface area contributed by atoms with Crippen molar-refractivity contribution in [1.82, 2.24) is 20.5 Å². The number of hydrogen-bond acceptors (Lipinski definition) is 6. The highest BCUT2D eigenvalue weighted by molar-refractivity contribution is 6.31. The summed E-state index contributed by atoms with van der Waals surface area (Å²) >= 11 is 5.89. The molecular formula is C16H18ClFN6O2. The maximum absolute atomic E-state index is 13.5. The molecule has 0 saturated heterocycles. The zero-order chi connectivity index (χ0) is 18.7. The number of rotatable bonds is 6. The van der Waals surface area contributed by atoms with E-state index in [1.807, 2.05) is 0 Å². The highest BCUT2D eigenvalue weighted by Crippen LogP contribution is 2.32. The molecule has 1 aliphatic rings. The van der Waals surface area contributed by atoms with Crippen molar-refractivity contribution in [3.63, 3.8) is 0 Å². The van der Waals surface area contributed by atoms with Crippen LogP contribution in [0.3, 0.4) is 0 Å². The minimum Gasteiger partial charge on any atom is -0.385 e. The average molecular weight is 381 g/mol. The summed E-state index contributed by atoms with van der Waals surface area (Å²) < 4.78 is 20.5. The molecular weight excluding hydrogens is 363 g/mol. The molecule has 0 spiro atoms. The molecule has 1 unspecified atom stereocenters. The van der Waals surface area contributed by atoms with Crippen LogP contribution in [0.1, 0.15) is 28.5 Å². The Morgan fingerprint density at radius 2 is 2.42 bits per heavy atom. The average Bonchev–Trinajstić information content (AvgIpc) is 3.02. The molecule has 1 amide bonds. The molecule has 3 N–H and O–H groups in total. The fourth-order valence-electron chi connectivity index (χ4n) is 3.05. The molecule has 1 aliphatic heterocycles. The van der Waals surface area contributed by atoms with Gasteiger partial charge in [-0.25, -0.2) is 9.82 Å². The van der Waals surface area contributed by atoms with Crippen molar-refractivity contribution in [2.75, 3.05) is 20.3 Å². The van der Waals surface area contributed by atoms with E-state index in [4.69, 9.17) is 21.9 Å². The van der Waals surface area contributed by atoms with Gasteiger partial charge < -0.3 is 10.1 Å². The Kier molecular flexibility index (Phi) is 5.60. The minimum atomic E-state index is -0.550. The monoisotopic (exact) mass is 380 g/mol. The highest BCUT2D eigenvalue weighted by Gasteiger charge is 2.30. The van der Waals surface area contributed by atoms with Crippen LogP contribution in [0.5, 0.6) is 0 Å². The predicted octanol–water partition coefficient (Wildman–Crippen LogP) is 2.70. The van der Waals surface area contributed by atoms with Gasteiger partial charge in [-0.05, 0) is 24.6 Å². The van der Waals surface area contributed by atoms with E-state index < -0.39 is 11.7 Å². The van der Waals surface area contributed by atoms with E-state index in [0.29, 0.717) is 48.6 Å². The van der Waals surface area contributed by atoms with Crippen molar-refractivity contribution in [2.45, 2.75) is 19.0 Å². The van der Waals surface area contributed by atoms with E-state index in [2.05, 4.69) is 21.1 Å². The predicted molar refractivity (Wildman–Crippen MR) is 92.5 cm³/mol. The fourth-order valence-corrected chi connectivity index (χ4v) is 3.23. The van der Waals surface area contributed by atoms with Crippen LogP contribution in [0, 0.1) is 11.3 Å². The molecule has 2 aromatic rings. The van der Waals surface area contributed by atoms with Gasteiger partial charge in [0.2, 0.25) is 0 Å². The number of nitrogens with one attached hydrogen (secondary N) is 3. The van der Waals surface area contributed by atoms with Crippen molar-refractivity contribution in [1.29, 1.82) is 5.53 Å². The summed E-state index contributed by atoms with van der Waals surface area (Å²) in [7, 11) is 1.63. The van der Waals surface area contributed by atoms with Gasteiger partial charge in [0.25, 0.3) is 5.91 Å². The SMILES string of the molecule is COCCC1CNCc2c(C(=O)NN=N)c(-c3ccc(F)c(Cl)c3)nn21. The molecule has 1 aromatic heterocycles. The van der Waals surface area contributed by atoms with E-state index in [0.717, 1.165) is 0 Å². The van der Waals surface area contributed by atoms with Gasteiger partial charge in [-0.3, -0.25) is 9.48 Å². The standard InChI is InChI=1S/C16H18ClFN6O2/c1-26-5-4-10-7-20-8-13-14(16(25)21-23-19)15(22-24(10)13)9-2-3-12(18)11(17)6-9/h2-3,6,10,20H,4-5,7-8H2,1H3,(H2,19,21,25). The summed E-state index contributed by atoms with van der Waals surface area (Å²) in [5.74, 6) is -1.10. The Morgan fingerprint density at radius 1 is 1.62 bits per heavy atom. The number of benzene rings is 1. The number of hydrogen-bond donors (Lipinski definition) is 3. The first-order valence-electron chi connectivity index (χ1n) is 8.00. The first-order chi connectivity index (χ1) is 12.6. The Morgan fingerprint density at radius 3 is 3.12 bits per heavy atom. The van der Waals surface area contributed by atoms with Crippen LogP contribution in [0.2, 0.25) is 5.02 Å². The van der Waals surface area contributed by atoms with Crippen molar-refractivity contribution >= 4 is 17.5 Å². The van der Waals surface area contributed by atoms with Crippen LogP contribution in [-0.4, -0.2) is 35.9 Å². The zero-order valence-electron chi connectivity index (χ0n) is 14.1. The van der Waals surface area contributed by atoms with Crippen LogP contribution in [-0.2, 0) is 11.3 Å². The van der Waals surface area contributed by atoms with Gasteiger partial charge >= 0.3 is 0 Å². The molecule has 2 heterocycles. The largest absolute Gasteiger partial charge is 0.385 e. The van der Waals surface area contributed by atoms with Gasteiger partial charge in [-0.2, -0.15) is 10.6 Å². The maximum Gasteiger partial charge on any atom is 0.276 e. The molecule has 138 valence electrons. The van der Waals surface area contributed by atoms with Crippen molar-refractivity contribution in [2.24, 2.45) is 5.22 Å². The second kappa shape index (κ2) is 7.90. The molecule has 8 nitrogen and oxygen atoms in total. The molecule has 0 bridgehead atoms. The van der Waals surface area contributed by atoms with Gasteiger partial charge in [-0.15, -0.1) is 0 Å². The first kappa shape index (κ1) is 18.4. The number of halogens is 2. The lowest BCUT2D eigenvalue weighted by atomic mass is 10.0. The molecule has 0 fully saturated rings. The number of carbonyl (C=O) groups is 1. The number of methoxy groups -OCH3 is 1. The third kappa shape index (κ3) is 3.46. The van der Waals surface area contributed by atoms with Crippen LogP contribution >= 0.6 is 11.6 Å². The number of carbonyl (C=O) groups excluding carboxylic acids is 1. The summed E-state index contributed by atoms with van der Waals surface area (Å²) in [6.07, 6.45) is 0.714. The number of ether oxygens (including phenoxy) is 1. The smallest absolute Gasteiger partial charge is 0.276 e. The lowest BCUT2D eigenvalue weighted by Gasteiger charge is -2.25. The summed E-state index contributed by atoms with van der Waals surface area (Å²) in [4.78, 5) is 12.5. The molecule has 1 aromatic carbocycles. The lowest BCUT2D eigenvalue weighted by molar-refractivity contribution is 0.0949. The van der Waals surface area contributed by atoms with E-state index in [9.17, 15) is 9.18 Å². The van der Waals surface area contributed by atoms with Gasteiger partial charge in [-0.1, -0.05) is 16.8 Å². The van der Waals surface area contributed by atoms with Crippen LogP contribution < -0.4 is 10.7 Å². The number of aromatic nitrogens is 2. The van der Waals surface area contributed by atoms with Gasteiger partial charge in [0.15, 0.2) is 0 Å². The summed E-state index contributed by atoms with van der Waals surface area (Å²) in [5.41, 5.74) is 10.9. The second-order valence-electron chi connectivity index (χ2n) is 5.86. The second-order valence-corrected chi connectivity index (χ2v) is 6.27. The lowest BCUT2D eigenvalue weighted by Crippen LogP contribution is -2.35. The summed E-state index contributed by atoms with van der Waals surface area (Å²) in [6, 6.07) is 4.18. The van der Waals surface area contributed by atoms with Crippen molar-refractivity contribution in [3.8, 4) is 11.3 Å². The molecule has 0 saturated carbocycles. The first-order valence-corrected chi connectivity index (χ1v) is 8.37. The molecule has 3 rings (SSSR count). The van der Waals surface area contributed by atoms with E-state index in [-0.39, 0.29) is 11.1 Å². The van der Waals surface area contributed by atoms with E-state index in [1.165, 1.54) is 18.2 Å².